The van der Waals surface area contributed by atoms with Gasteiger partial charge in [-0.05, 0) is 30.5 Å². The fourth-order valence-electron chi connectivity index (χ4n) is 3.93. The van der Waals surface area contributed by atoms with Crippen molar-refractivity contribution in [2.45, 2.75) is 43.0 Å². The van der Waals surface area contributed by atoms with Gasteiger partial charge in [-0.15, -0.1) is 0 Å². The van der Waals surface area contributed by atoms with Crippen molar-refractivity contribution in [3.8, 4) is 11.8 Å². The highest BCUT2D eigenvalue weighted by Gasteiger charge is 2.76. The van der Waals surface area contributed by atoms with Gasteiger partial charge in [-0.1, -0.05) is 29.3 Å². The lowest BCUT2D eigenvalue weighted by Gasteiger charge is -2.28. The van der Waals surface area contributed by atoms with Gasteiger partial charge >= 0.3 is 30.7 Å². The smallest absolute Gasteiger partial charge is 0.433 e. The van der Waals surface area contributed by atoms with Crippen molar-refractivity contribution < 1.29 is 58.6 Å². The van der Waals surface area contributed by atoms with Crippen LogP contribution in [0.15, 0.2) is 24.4 Å². The molecule has 1 heterocycles. The third-order valence-corrected chi connectivity index (χ3v) is 6.73. The fraction of sp³-hybridized carbons (Fsp3) is 0.375. The number of imide groups is 1. The number of halogens is 11. The summed E-state index contributed by atoms with van der Waals surface area (Å²) in [5, 5.41) is 21.9. The van der Waals surface area contributed by atoms with E-state index in [1.54, 1.807) is 0 Å². The van der Waals surface area contributed by atoms with Crippen molar-refractivity contribution in [3.05, 3.63) is 46.2 Å². The minimum Gasteiger partial charge on any atom is -0.433 e. The molecular weight excluding hydrogens is 678 g/mol. The molecule has 244 valence electrons. The number of nitriles is 1. The molecule has 0 spiro atoms. The van der Waals surface area contributed by atoms with Crippen molar-refractivity contribution in [2.24, 2.45) is 7.05 Å². The summed E-state index contributed by atoms with van der Waals surface area (Å²) in [6.07, 6.45) is -13.3. The molecule has 0 radical (unpaired) electrons. The molecule has 0 bridgehead atoms. The van der Waals surface area contributed by atoms with Crippen LogP contribution in [-0.4, -0.2) is 63.5 Å². The van der Waals surface area contributed by atoms with Gasteiger partial charge in [0.15, 0.2) is 23.3 Å². The molecule has 2 aromatic rings. The summed E-state index contributed by atoms with van der Waals surface area (Å²) >= 11 is 11.6. The molecule has 2 amide bonds. The molecule has 2 N–H and O–H groups in total. The van der Waals surface area contributed by atoms with E-state index in [2.05, 4.69) is 19.9 Å². The molecule has 1 aliphatic carbocycles. The Morgan fingerprint density at radius 1 is 1.22 bits per heavy atom. The van der Waals surface area contributed by atoms with E-state index in [-0.39, 0.29) is 33.7 Å². The van der Waals surface area contributed by atoms with Crippen LogP contribution in [0.2, 0.25) is 5.02 Å². The van der Waals surface area contributed by atoms with Crippen LogP contribution >= 0.6 is 23.2 Å². The predicted octanol–water partition coefficient (Wildman–Crippen LogP) is 6.90. The summed E-state index contributed by atoms with van der Waals surface area (Å²) in [5.41, 5.74) is -11.2. The highest BCUT2D eigenvalue weighted by molar-refractivity contribution is 6.34. The number of ether oxygens (including phenoxy) is 2. The van der Waals surface area contributed by atoms with Gasteiger partial charge in [-0.3, -0.25) is 4.79 Å². The van der Waals surface area contributed by atoms with Gasteiger partial charge < -0.3 is 20.2 Å². The van der Waals surface area contributed by atoms with E-state index in [0.29, 0.717) is 24.4 Å². The molecule has 10 nitrogen and oxygen atoms in total. The second-order valence-electron chi connectivity index (χ2n) is 9.07. The molecule has 0 aliphatic heterocycles. The lowest BCUT2D eigenvalue weighted by molar-refractivity contribution is -0.350. The van der Waals surface area contributed by atoms with E-state index in [1.807, 2.05) is 6.07 Å². The molecule has 1 aliphatic rings. The largest absolute Gasteiger partial charge is 0.437 e. The quantitative estimate of drug-likeness (QED) is 0.157. The van der Waals surface area contributed by atoms with Crippen molar-refractivity contribution in [2.75, 3.05) is 11.4 Å². The van der Waals surface area contributed by atoms with Crippen LogP contribution < -0.4 is 10.1 Å². The number of aryl methyl sites for hydroxylation is 1. The zero-order valence-electron chi connectivity index (χ0n) is 22.2. The van der Waals surface area contributed by atoms with Gasteiger partial charge in [-0.2, -0.15) is 45.5 Å². The lowest BCUT2D eigenvalue weighted by atomic mass is 9.99. The van der Waals surface area contributed by atoms with Gasteiger partial charge in [0.05, 0.1) is 16.7 Å². The van der Waals surface area contributed by atoms with Crippen LogP contribution in [0.1, 0.15) is 34.5 Å². The second-order valence-corrected chi connectivity index (χ2v) is 9.69. The van der Waals surface area contributed by atoms with Crippen LogP contribution in [0.5, 0.6) is 5.75 Å². The molecule has 0 saturated heterocycles. The average Bonchev–Trinajstić information content (AvgIpc) is 3.66. The Bertz CT molecular complexity index is 1550. The number of anilines is 1. The maximum atomic E-state index is 14.8. The molecule has 1 fully saturated rings. The van der Waals surface area contributed by atoms with Crippen LogP contribution in [-0.2, 0) is 17.5 Å². The standard InChI is InChI=1S/C24H17Cl2F9N6O4/c1-40-17(15(45-19(27)28)16(39-40)22(29,23(30,31)32)24(33,34)35)38-8-12(7-36)11-2-3-14(26)13(6-11)18(42)41(20(43)44-10-25)21(9-37)4-5-21/h2-3,6-8,19,36,38H,4-5,10H2,1H3/b12-8+,36-7?. The number of nitrogens with zero attached hydrogens (tertiary/aromatic N) is 4. The Morgan fingerprint density at radius 2 is 1.82 bits per heavy atom. The number of allylic oxidation sites excluding steroid dienone is 1. The molecule has 45 heavy (non-hydrogen) atoms. The van der Waals surface area contributed by atoms with Crippen molar-refractivity contribution >= 4 is 52.8 Å². The summed E-state index contributed by atoms with van der Waals surface area (Å²) in [5.74, 6) is -4.20. The summed E-state index contributed by atoms with van der Waals surface area (Å²) in [4.78, 5) is 26.3. The number of amides is 2. The molecule has 3 rings (SSSR count). The highest BCUT2D eigenvalue weighted by atomic mass is 35.5. The van der Waals surface area contributed by atoms with E-state index in [0.717, 1.165) is 12.1 Å². The van der Waals surface area contributed by atoms with E-state index >= 15 is 0 Å². The zero-order valence-corrected chi connectivity index (χ0v) is 23.7. The number of rotatable bonds is 10. The Morgan fingerprint density at radius 3 is 2.29 bits per heavy atom. The number of hydrogen-bond acceptors (Lipinski definition) is 8. The Hall–Kier alpha value is -4.18. The number of carbonyl (C=O) groups excluding carboxylic acids is 2. The van der Waals surface area contributed by atoms with Crippen molar-refractivity contribution in [1.82, 2.24) is 14.7 Å². The topological polar surface area (TPSA) is 133 Å². The molecule has 1 saturated carbocycles. The monoisotopic (exact) mass is 694 g/mol. The second kappa shape index (κ2) is 12.7. The van der Waals surface area contributed by atoms with Gasteiger partial charge in [0.2, 0.25) is 0 Å². The molecular formula is C24H17Cl2F9N6O4. The van der Waals surface area contributed by atoms with Crippen LogP contribution in [0, 0.1) is 16.7 Å². The molecule has 21 heteroatoms. The lowest BCUT2D eigenvalue weighted by Crippen LogP contribution is -2.51. The third kappa shape index (κ3) is 6.61. The summed E-state index contributed by atoms with van der Waals surface area (Å²) in [6.45, 7) is -4.04. The number of carbonyl (C=O) groups is 2. The summed E-state index contributed by atoms with van der Waals surface area (Å²) < 4.78 is 130. The maximum absolute atomic E-state index is 14.8. The summed E-state index contributed by atoms with van der Waals surface area (Å²) in [6, 6.07) is 4.44. The van der Waals surface area contributed by atoms with Crippen molar-refractivity contribution in [3.63, 3.8) is 0 Å². The zero-order chi connectivity index (χ0) is 34.1. The average molecular weight is 695 g/mol. The van der Waals surface area contributed by atoms with E-state index in [1.165, 1.54) is 6.07 Å². The number of hydrogen-bond donors (Lipinski definition) is 2. The first kappa shape index (κ1) is 35.3. The van der Waals surface area contributed by atoms with Crippen molar-refractivity contribution in [1.29, 1.82) is 10.7 Å². The Labute approximate surface area is 256 Å². The van der Waals surface area contributed by atoms with Gasteiger partial charge in [-0.25, -0.2) is 18.8 Å². The van der Waals surface area contributed by atoms with E-state index in [4.69, 9.17) is 28.6 Å². The highest BCUT2D eigenvalue weighted by Crippen LogP contribution is 2.56. The van der Waals surface area contributed by atoms with Gasteiger partial charge in [0.1, 0.15) is 5.54 Å². The van der Waals surface area contributed by atoms with Crippen LogP contribution in [0.4, 0.5) is 50.1 Å². The number of alkyl halides is 10. The predicted molar refractivity (Wildman–Crippen MR) is 138 cm³/mol. The van der Waals surface area contributed by atoms with Crippen LogP contribution in [0.25, 0.3) is 5.57 Å². The summed E-state index contributed by atoms with van der Waals surface area (Å²) in [7, 11) is 0.686. The van der Waals surface area contributed by atoms with Gasteiger partial charge in [0.25, 0.3) is 5.91 Å². The number of nitrogens with one attached hydrogen (secondary N) is 2. The minimum atomic E-state index is -6.71. The Balaban J connectivity index is 2.11. The Kier molecular flexibility index (Phi) is 9.94. The van der Waals surface area contributed by atoms with E-state index in [9.17, 15) is 54.4 Å². The molecule has 1 aromatic carbocycles. The molecule has 0 unspecified atom stereocenters. The minimum absolute atomic E-state index is 0.0953. The molecule has 0 atom stereocenters. The normalized spacial score (nSPS) is 14.9. The maximum Gasteiger partial charge on any atom is 0.437 e. The first-order chi connectivity index (χ1) is 20.8. The van der Waals surface area contributed by atoms with Crippen LogP contribution in [0.3, 0.4) is 0 Å². The first-order valence-electron chi connectivity index (χ1n) is 11.9. The third-order valence-electron chi connectivity index (χ3n) is 6.29. The van der Waals surface area contributed by atoms with Gasteiger partial charge in [0, 0.05) is 25.0 Å². The van der Waals surface area contributed by atoms with E-state index < -0.39 is 71.1 Å². The molecule has 1 aromatic heterocycles. The first-order valence-corrected chi connectivity index (χ1v) is 12.8. The fourth-order valence-corrected chi connectivity index (χ4v) is 4.22. The number of aromatic nitrogens is 2. The number of benzene rings is 1. The SMILES string of the molecule is Cn1nc(C(F)(C(F)(F)F)C(F)(F)F)c(OC(F)F)c1N/C=C(\C=N)c1ccc(Cl)c(C(=O)N(C(=O)OCCl)C2(C#N)CC2)c1.